The van der Waals surface area contributed by atoms with Gasteiger partial charge in [0.1, 0.15) is 5.82 Å². The maximum absolute atomic E-state index is 13.2. The first-order valence-corrected chi connectivity index (χ1v) is 5.13. The molecule has 0 bridgehead atoms. The molecule has 0 saturated carbocycles. The molecule has 16 heavy (non-hydrogen) atoms. The van der Waals surface area contributed by atoms with Crippen LogP contribution < -0.4 is 5.32 Å². The number of amides is 1. The summed E-state index contributed by atoms with van der Waals surface area (Å²) in [6, 6.07) is 6.29. The van der Waals surface area contributed by atoms with Crippen LogP contribution in [-0.2, 0) is 11.2 Å². The van der Waals surface area contributed by atoms with Crippen LogP contribution in [0.15, 0.2) is 24.3 Å². The predicted molar refractivity (Wildman–Crippen MR) is 61.2 cm³/mol. The Bertz CT molecular complexity index is 417. The standard InChI is InChI=1S/C13H14FNO/c1-2-3-6-9-15-13(16)10-11-7-4-5-8-12(11)14/h4-5,7-8H,6,9-10H2,1H3,(H,15,16). The Balaban J connectivity index is 2.39. The van der Waals surface area contributed by atoms with E-state index in [0.717, 1.165) is 0 Å². The normalized spacial score (nSPS) is 9.12. The van der Waals surface area contributed by atoms with Crippen molar-refractivity contribution in [2.24, 2.45) is 0 Å². The van der Waals surface area contributed by atoms with Gasteiger partial charge in [0, 0.05) is 13.0 Å². The highest BCUT2D eigenvalue weighted by molar-refractivity contribution is 5.78. The number of hydrogen-bond acceptors (Lipinski definition) is 1. The van der Waals surface area contributed by atoms with Crippen LogP contribution in [0.5, 0.6) is 0 Å². The molecule has 1 amide bonds. The Labute approximate surface area is 94.9 Å². The summed E-state index contributed by atoms with van der Waals surface area (Å²) in [5.41, 5.74) is 0.418. The monoisotopic (exact) mass is 219 g/mol. The van der Waals surface area contributed by atoms with Crippen LogP contribution in [0, 0.1) is 17.7 Å². The maximum atomic E-state index is 13.2. The van der Waals surface area contributed by atoms with Crippen molar-refractivity contribution in [2.45, 2.75) is 19.8 Å². The highest BCUT2D eigenvalue weighted by Crippen LogP contribution is 2.06. The first-order valence-electron chi connectivity index (χ1n) is 5.13. The predicted octanol–water partition coefficient (Wildman–Crippen LogP) is 1.90. The highest BCUT2D eigenvalue weighted by Gasteiger charge is 2.06. The molecule has 0 aliphatic carbocycles. The lowest BCUT2D eigenvalue weighted by atomic mass is 10.1. The topological polar surface area (TPSA) is 29.1 Å². The van der Waals surface area contributed by atoms with Crippen LogP contribution in [-0.4, -0.2) is 12.5 Å². The molecule has 84 valence electrons. The number of halogens is 1. The molecule has 0 atom stereocenters. The van der Waals surface area contributed by atoms with Gasteiger partial charge in [0.2, 0.25) is 5.91 Å². The number of hydrogen-bond donors (Lipinski definition) is 1. The number of carbonyl (C=O) groups is 1. The molecule has 0 unspecified atom stereocenters. The molecule has 3 heteroatoms. The molecular formula is C13H14FNO. The van der Waals surface area contributed by atoms with Crippen molar-refractivity contribution in [2.75, 3.05) is 6.54 Å². The number of benzene rings is 1. The molecular weight excluding hydrogens is 205 g/mol. The van der Waals surface area contributed by atoms with E-state index >= 15 is 0 Å². The summed E-state index contributed by atoms with van der Waals surface area (Å²) in [6.45, 7) is 2.26. The van der Waals surface area contributed by atoms with E-state index in [9.17, 15) is 9.18 Å². The fourth-order valence-corrected chi connectivity index (χ4v) is 1.27. The zero-order valence-electron chi connectivity index (χ0n) is 9.22. The molecule has 0 aliphatic rings. The Hall–Kier alpha value is -1.82. The molecule has 1 N–H and O–H groups in total. The Morgan fingerprint density at radius 2 is 2.19 bits per heavy atom. The highest BCUT2D eigenvalue weighted by atomic mass is 19.1. The fraction of sp³-hybridized carbons (Fsp3) is 0.308. The van der Waals surface area contributed by atoms with Crippen molar-refractivity contribution in [3.63, 3.8) is 0 Å². The molecule has 0 spiro atoms. The molecule has 0 aliphatic heterocycles. The minimum atomic E-state index is -0.342. The summed E-state index contributed by atoms with van der Waals surface area (Å²) in [5.74, 6) is 5.06. The van der Waals surface area contributed by atoms with Gasteiger partial charge < -0.3 is 5.32 Å². The van der Waals surface area contributed by atoms with Gasteiger partial charge in [0.05, 0.1) is 6.42 Å². The largest absolute Gasteiger partial charge is 0.355 e. The maximum Gasteiger partial charge on any atom is 0.224 e. The van der Waals surface area contributed by atoms with Gasteiger partial charge >= 0.3 is 0 Å². The van der Waals surface area contributed by atoms with Crippen LogP contribution in [0.2, 0.25) is 0 Å². The summed E-state index contributed by atoms with van der Waals surface area (Å²) in [6.07, 6.45) is 0.700. The Morgan fingerprint density at radius 1 is 1.44 bits per heavy atom. The molecule has 0 saturated heterocycles. The molecule has 0 aromatic heterocycles. The number of nitrogens with one attached hydrogen (secondary N) is 1. The second-order valence-electron chi connectivity index (χ2n) is 3.29. The van der Waals surface area contributed by atoms with Gasteiger partial charge in [-0.15, -0.1) is 11.8 Å². The summed E-state index contributed by atoms with van der Waals surface area (Å²) in [4.78, 5) is 11.4. The third kappa shape index (κ3) is 4.14. The third-order valence-corrected chi connectivity index (χ3v) is 2.06. The second kappa shape index (κ2) is 6.62. The van der Waals surface area contributed by atoms with Crippen LogP contribution in [0.1, 0.15) is 18.9 Å². The summed E-state index contributed by atoms with van der Waals surface area (Å²) >= 11 is 0. The van der Waals surface area contributed by atoms with Crippen LogP contribution >= 0.6 is 0 Å². The van der Waals surface area contributed by atoms with E-state index < -0.39 is 0 Å². The Kier molecular flexibility index (Phi) is 5.07. The van der Waals surface area contributed by atoms with Gasteiger partial charge in [-0.05, 0) is 18.6 Å². The third-order valence-electron chi connectivity index (χ3n) is 2.06. The van der Waals surface area contributed by atoms with E-state index in [-0.39, 0.29) is 18.1 Å². The van der Waals surface area contributed by atoms with Gasteiger partial charge in [-0.2, -0.15) is 0 Å². The summed E-state index contributed by atoms with van der Waals surface area (Å²) in [5, 5.41) is 2.69. The van der Waals surface area contributed by atoms with E-state index in [4.69, 9.17) is 0 Å². The van der Waals surface area contributed by atoms with Crippen LogP contribution in [0.4, 0.5) is 4.39 Å². The first kappa shape index (κ1) is 12.3. The zero-order chi connectivity index (χ0) is 11.8. The molecule has 1 rings (SSSR count). The fourth-order valence-electron chi connectivity index (χ4n) is 1.27. The van der Waals surface area contributed by atoms with Gasteiger partial charge in [-0.25, -0.2) is 4.39 Å². The number of rotatable bonds is 4. The lowest BCUT2D eigenvalue weighted by molar-refractivity contribution is -0.120. The van der Waals surface area contributed by atoms with Gasteiger partial charge in [-0.3, -0.25) is 4.79 Å². The van der Waals surface area contributed by atoms with E-state index in [1.165, 1.54) is 6.07 Å². The lowest BCUT2D eigenvalue weighted by Gasteiger charge is -2.03. The van der Waals surface area contributed by atoms with Crippen molar-refractivity contribution in [3.8, 4) is 11.8 Å². The quantitative estimate of drug-likeness (QED) is 0.608. The molecule has 0 radical (unpaired) electrons. The van der Waals surface area contributed by atoms with Crippen molar-refractivity contribution < 1.29 is 9.18 Å². The van der Waals surface area contributed by atoms with Crippen LogP contribution in [0.25, 0.3) is 0 Å². The summed E-state index contributed by atoms with van der Waals surface area (Å²) < 4.78 is 13.2. The van der Waals surface area contributed by atoms with E-state index in [0.29, 0.717) is 18.5 Å². The van der Waals surface area contributed by atoms with E-state index in [1.807, 2.05) is 0 Å². The molecule has 1 aromatic carbocycles. The zero-order valence-corrected chi connectivity index (χ0v) is 9.22. The van der Waals surface area contributed by atoms with Crippen molar-refractivity contribution in [3.05, 3.63) is 35.6 Å². The molecule has 1 aromatic rings. The van der Waals surface area contributed by atoms with Crippen molar-refractivity contribution in [1.82, 2.24) is 5.32 Å². The van der Waals surface area contributed by atoms with Gasteiger partial charge in [0.25, 0.3) is 0 Å². The summed E-state index contributed by atoms with van der Waals surface area (Å²) in [7, 11) is 0. The Morgan fingerprint density at radius 3 is 2.88 bits per heavy atom. The van der Waals surface area contributed by atoms with Crippen LogP contribution in [0.3, 0.4) is 0 Å². The minimum Gasteiger partial charge on any atom is -0.355 e. The van der Waals surface area contributed by atoms with Crippen molar-refractivity contribution >= 4 is 5.91 Å². The molecule has 2 nitrogen and oxygen atoms in total. The van der Waals surface area contributed by atoms with E-state index in [2.05, 4.69) is 17.2 Å². The van der Waals surface area contributed by atoms with Gasteiger partial charge in [0.15, 0.2) is 0 Å². The first-order chi connectivity index (χ1) is 7.74. The average molecular weight is 219 g/mol. The molecule has 0 heterocycles. The average Bonchev–Trinajstić information content (AvgIpc) is 2.28. The second-order valence-corrected chi connectivity index (χ2v) is 3.29. The van der Waals surface area contributed by atoms with E-state index in [1.54, 1.807) is 25.1 Å². The van der Waals surface area contributed by atoms with Crippen molar-refractivity contribution in [1.29, 1.82) is 0 Å². The lowest BCUT2D eigenvalue weighted by Crippen LogP contribution is -2.26. The molecule has 0 fully saturated rings. The smallest absolute Gasteiger partial charge is 0.224 e. The minimum absolute atomic E-state index is 0.0756. The number of carbonyl (C=O) groups excluding carboxylic acids is 1. The van der Waals surface area contributed by atoms with Gasteiger partial charge in [-0.1, -0.05) is 18.2 Å². The SMILES string of the molecule is CC#CCCNC(=O)Cc1ccccc1F.